The standard InChI is InChI=1S/C32H34N2O9/c35-20(16-40-18-23-10-5-13-41-23)17-42-33-26-15-27(36)30(37)28-24(26)11-12-25-29(28)32(39)34(31(25)38)19-6-4-9-22(14-19)43-21-7-2-1-3-8-21/h1-10,13-14,20,24-25,27-30,35-37H,11-12,15-18H2/b33-26+/t20-,24-,25+,27+,28-,29+,30+/m0/s1. The second kappa shape index (κ2) is 12.7. The van der Waals surface area contributed by atoms with Crippen molar-refractivity contribution in [2.75, 3.05) is 18.1 Å². The molecule has 3 N–H and O–H groups in total. The Balaban J connectivity index is 1.14. The minimum atomic E-state index is -1.21. The SMILES string of the molecule is O=C1[C@H]2[C@H]3[C@H](O)[C@H](O)C/C(=N\OC[C@@H](O)COCc4ccco4)[C@@H]3CC[C@H]2C(=O)N1c1cccc(Oc2ccccc2)c1. The number of furan rings is 1. The highest BCUT2D eigenvalue weighted by Crippen LogP contribution is 2.50. The van der Waals surface area contributed by atoms with Gasteiger partial charge in [0, 0.05) is 24.3 Å². The average molecular weight is 591 g/mol. The molecule has 1 aliphatic heterocycles. The Hall–Kier alpha value is -4.03. The molecule has 2 heterocycles. The maximum Gasteiger partial charge on any atom is 0.238 e. The fraction of sp³-hybridized carbons (Fsp3) is 0.406. The number of aliphatic hydroxyl groups excluding tert-OH is 3. The topological polar surface area (TPSA) is 151 Å². The number of ether oxygens (including phenoxy) is 2. The van der Waals surface area contributed by atoms with Crippen molar-refractivity contribution in [1.82, 2.24) is 0 Å². The summed E-state index contributed by atoms with van der Waals surface area (Å²) in [7, 11) is 0. The van der Waals surface area contributed by atoms with Gasteiger partial charge < -0.3 is 34.0 Å². The van der Waals surface area contributed by atoms with Crippen LogP contribution in [0.25, 0.3) is 0 Å². The largest absolute Gasteiger partial charge is 0.467 e. The molecule has 6 rings (SSSR count). The molecule has 11 heteroatoms. The smallest absolute Gasteiger partial charge is 0.238 e. The van der Waals surface area contributed by atoms with Crippen LogP contribution in [-0.2, 0) is 25.8 Å². The molecule has 2 amide bonds. The highest BCUT2D eigenvalue weighted by atomic mass is 16.6. The van der Waals surface area contributed by atoms with Gasteiger partial charge in [0.15, 0.2) is 0 Å². The van der Waals surface area contributed by atoms with E-state index >= 15 is 0 Å². The number of carbonyl (C=O) groups is 2. The van der Waals surface area contributed by atoms with Crippen LogP contribution in [0.15, 0.2) is 82.6 Å². The van der Waals surface area contributed by atoms with E-state index in [2.05, 4.69) is 5.16 Å². The first-order chi connectivity index (χ1) is 20.9. The number of fused-ring (bicyclic) bond motifs is 3. The third kappa shape index (κ3) is 6.07. The number of rotatable bonds is 10. The molecule has 0 radical (unpaired) electrons. The molecule has 226 valence electrons. The lowest BCUT2D eigenvalue weighted by Gasteiger charge is -2.45. The van der Waals surface area contributed by atoms with E-state index in [4.69, 9.17) is 18.7 Å². The summed E-state index contributed by atoms with van der Waals surface area (Å²) in [5.41, 5.74) is 0.891. The fourth-order valence-corrected chi connectivity index (χ4v) is 6.48. The number of carbonyl (C=O) groups excluding carboxylic acids is 2. The summed E-state index contributed by atoms with van der Waals surface area (Å²) >= 11 is 0. The van der Waals surface area contributed by atoms with Crippen molar-refractivity contribution < 1.29 is 43.6 Å². The first-order valence-electron chi connectivity index (χ1n) is 14.4. The van der Waals surface area contributed by atoms with Crippen molar-refractivity contribution in [3.63, 3.8) is 0 Å². The lowest BCUT2D eigenvalue weighted by atomic mass is 9.60. The Labute approximate surface area is 248 Å². The van der Waals surface area contributed by atoms with Crippen molar-refractivity contribution >= 4 is 23.2 Å². The Morgan fingerprint density at radius 3 is 2.51 bits per heavy atom. The molecule has 1 aromatic heterocycles. The maximum absolute atomic E-state index is 13.9. The van der Waals surface area contributed by atoms with Gasteiger partial charge in [-0.1, -0.05) is 29.4 Å². The van der Waals surface area contributed by atoms with Crippen LogP contribution in [0, 0.1) is 23.7 Å². The molecule has 43 heavy (non-hydrogen) atoms. The van der Waals surface area contributed by atoms with Crippen LogP contribution in [0.4, 0.5) is 5.69 Å². The molecular formula is C32H34N2O9. The van der Waals surface area contributed by atoms with Gasteiger partial charge in [-0.2, -0.15) is 0 Å². The Bertz CT molecular complexity index is 1440. The molecule has 3 fully saturated rings. The number of benzene rings is 2. The average Bonchev–Trinajstić information content (AvgIpc) is 3.62. The molecule has 0 spiro atoms. The summed E-state index contributed by atoms with van der Waals surface area (Å²) in [6, 6.07) is 19.5. The van der Waals surface area contributed by atoms with Gasteiger partial charge >= 0.3 is 0 Å². The lowest BCUT2D eigenvalue weighted by Crippen LogP contribution is -2.54. The summed E-state index contributed by atoms with van der Waals surface area (Å²) < 4.78 is 16.5. The number of aliphatic hydroxyl groups is 3. The normalized spacial score (nSPS) is 28.4. The van der Waals surface area contributed by atoms with Gasteiger partial charge in [-0.25, -0.2) is 4.90 Å². The fourth-order valence-electron chi connectivity index (χ4n) is 6.48. The first kappa shape index (κ1) is 29.1. The Morgan fingerprint density at radius 2 is 1.72 bits per heavy atom. The molecule has 3 aliphatic rings. The van der Waals surface area contributed by atoms with Crippen LogP contribution in [0.1, 0.15) is 25.0 Å². The van der Waals surface area contributed by atoms with Gasteiger partial charge in [0.2, 0.25) is 11.8 Å². The van der Waals surface area contributed by atoms with Gasteiger partial charge in [-0.3, -0.25) is 9.59 Å². The van der Waals surface area contributed by atoms with Crippen molar-refractivity contribution in [1.29, 1.82) is 0 Å². The van der Waals surface area contributed by atoms with Gasteiger partial charge in [0.1, 0.15) is 36.6 Å². The molecule has 11 nitrogen and oxygen atoms in total. The van der Waals surface area contributed by atoms with Gasteiger partial charge in [-0.05, 0) is 49.2 Å². The van der Waals surface area contributed by atoms with Crippen LogP contribution in [0.3, 0.4) is 0 Å². The Kier molecular flexibility index (Phi) is 8.57. The van der Waals surface area contributed by atoms with E-state index < -0.39 is 42.0 Å². The minimum absolute atomic E-state index is 0.00668. The van der Waals surface area contributed by atoms with Crippen molar-refractivity contribution in [3.8, 4) is 11.5 Å². The maximum atomic E-state index is 13.9. The van der Waals surface area contributed by atoms with E-state index in [1.54, 1.807) is 36.4 Å². The zero-order chi connectivity index (χ0) is 29.9. The van der Waals surface area contributed by atoms with Crippen molar-refractivity contribution in [3.05, 3.63) is 78.8 Å². The molecule has 2 aromatic carbocycles. The summed E-state index contributed by atoms with van der Waals surface area (Å²) in [6.45, 7) is 0.0755. The predicted molar refractivity (Wildman–Crippen MR) is 153 cm³/mol. The number of imide groups is 1. The second-order valence-corrected chi connectivity index (χ2v) is 11.2. The Morgan fingerprint density at radius 1 is 0.930 bits per heavy atom. The highest BCUT2D eigenvalue weighted by Gasteiger charge is 2.60. The molecule has 0 unspecified atom stereocenters. The third-order valence-corrected chi connectivity index (χ3v) is 8.42. The molecule has 0 bridgehead atoms. The van der Waals surface area contributed by atoms with E-state index in [0.29, 0.717) is 41.5 Å². The van der Waals surface area contributed by atoms with Crippen molar-refractivity contribution in [2.24, 2.45) is 28.8 Å². The van der Waals surface area contributed by atoms with Crippen LogP contribution < -0.4 is 9.64 Å². The number of amides is 2. The third-order valence-electron chi connectivity index (χ3n) is 8.42. The van der Waals surface area contributed by atoms with Gasteiger partial charge in [0.25, 0.3) is 0 Å². The molecule has 2 aliphatic carbocycles. The zero-order valence-electron chi connectivity index (χ0n) is 23.4. The lowest BCUT2D eigenvalue weighted by molar-refractivity contribution is -0.132. The number of oxime groups is 1. The number of hydrogen-bond acceptors (Lipinski definition) is 10. The molecule has 2 saturated carbocycles. The minimum Gasteiger partial charge on any atom is -0.467 e. The second-order valence-electron chi connectivity index (χ2n) is 11.2. The monoisotopic (exact) mass is 590 g/mol. The van der Waals surface area contributed by atoms with Crippen molar-refractivity contribution in [2.45, 2.75) is 44.2 Å². The van der Waals surface area contributed by atoms with E-state index in [0.717, 1.165) is 0 Å². The van der Waals surface area contributed by atoms with Crippen LogP contribution in [-0.4, -0.2) is 64.4 Å². The summed E-state index contributed by atoms with van der Waals surface area (Å²) in [6.07, 6.45) is -0.805. The summed E-state index contributed by atoms with van der Waals surface area (Å²) in [5, 5.41) is 36.3. The molecule has 3 aromatic rings. The summed E-state index contributed by atoms with van der Waals surface area (Å²) in [5.74, 6) is -1.53. The van der Waals surface area contributed by atoms with E-state index in [1.165, 1.54) is 11.2 Å². The summed E-state index contributed by atoms with van der Waals surface area (Å²) in [4.78, 5) is 34.1. The van der Waals surface area contributed by atoms with Crippen LogP contribution in [0.5, 0.6) is 11.5 Å². The molecule has 7 atom stereocenters. The molecule has 1 saturated heterocycles. The van der Waals surface area contributed by atoms with Crippen LogP contribution >= 0.6 is 0 Å². The molecular weight excluding hydrogens is 556 g/mol. The van der Waals surface area contributed by atoms with E-state index in [1.807, 2.05) is 30.3 Å². The predicted octanol–water partition coefficient (Wildman–Crippen LogP) is 3.28. The van der Waals surface area contributed by atoms with E-state index in [9.17, 15) is 24.9 Å². The number of anilines is 1. The van der Waals surface area contributed by atoms with Gasteiger partial charge in [-0.15, -0.1) is 0 Å². The number of nitrogens with zero attached hydrogens (tertiary/aromatic N) is 2. The number of hydrogen-bond donors (Lipinski definition) is 3. The highest BCUT2D eigenvalue weighted by molar-refractivity contribution is 6.22. The first-order valence-corrected chi connectivity index (χ1v) is 14.4. The number of para-hydroxylation sites is 1. The van der Waals surface area contributed by atoms with E-state index in [-0.39, 0.29) is 38.1 Å². The zero-order valence-corrected chi connectivity index (χ0v) is 23.4. The van der Waals surface area contributed by atoms with Gasteiger partial charge in [0.05, 0.1) is 48.3 Å². The van der Waals surface area contributed by atoms with Crippen LogP contribution in [0.2, 0.25) is 0 Å². The quantitative estimate of drug-likeness (QED) is 0.239.